The van der Waals surface area contributed by atoms with Gasteiger partial charge in [0.05, 0.1) is 12.3 Å². The average molecular weight is 220 g/mol. The molecule has 0 aliphatic heterocycles. The minimum Gasteiger partial charge on any atom is -0.392 e. The van der Waals surface area contributed by atoms with Crippen molar-refractivity contribution < 1.29 is 9.90 Å². The zero-order chi connectivity index (χ0) is 11.8. The Morgan fingerprint density at radius 1 is 1.62 bits per heavy atom. The summed E-state index contributed by atoms with van der Waals surface area (Å²) in [6.45, 7) is 2.15. The lowest BCUT2D eigenvalue weighted by Crippen LogP contribution is -2.20. The first-order chi connectivity index (χ1) is 7.72. The summed E-state index contributed by atoms with van der Waals surface area (Å²) >= 11 is 0. The summed E-state index contributed by atoms with van der Waals surface area (Å²) in [5.41, 5.74) is 1.66. The minimum atomic E-state index is -0.0196. The standard InChI is InChI=1S/C12H16N2O2/c1-10(16)13-6-3-2-4-12-8-11(9-15)5-7-14-12/h2,4-5,7-8,15H,3,6,9H2,1H3,(H,13,16). The van der Waals surface area contributed by atoms with Crippen LogP contribution < -0.4 is 5.32 Å². The maximum Gasteiger partial charge on any atom is 0.216 e. The first kappa shape index (κ1) is 12.4. The smallest absolute Gasteiger partial charge is 0.216 e. The van der Waals surface area contributed by atoms with Gasteiger partial charge in [-0.15, -0.1) is 0 Å². The fraction of sp³-hybridized carbons (Fsp3) is 0.333. The first-order valence-electron chi connectivity index (χ1n) is 5.19. The highest BCUT2D eigenvalue weighted by Crippen LogP contribution is 2.03. The highest BCUT2D eigenvalue weighted by atomic mass is 16.3. The molecule has 0 radical (unpaired) electrons. The Hall–Kier alpha value is -1.68. The molecule has 0 fully saturated rings. The molecule has 0 aliphatic rings. The van der Waals surface area contributed by atoms with Gasteiger partial charge in [-0.25, -0.2) is 0 Å². The van der Waals surface area contributed by atoms with Crippen LogP contribution in [0.3, 0.4) is 0 Å². The predicted octanol–water partition coefficient (Wildman–Crippen LogP) is 1.11. The van der Waals surface area contributed by atoms with Gasteiger partial charge in [-0.05, 0) is 30.2 Å². The fourth-order valence-electron chi connectivity index (χ4n) is 1.22. The second kappa shape index (κ2) is 6.74. The maximum atomic E-state index is 10.6. The maximum absolute atomic E-state index is 10.6. The molecular formula is C12H16N2O2. The second-order valence-electron chi connectivity index (χ2n) is 3.42. The van der Waals surface area contributed by atoms with Gasteiger partial charge < -0.3 is 10.4 Å². The van der Waals surface area contributed by atoms with Crippen LogP contribution in [0.4, 0.5) is 0 Å². The van der Waals surface area contributed by atoms with Crippen LogP contribution in [0.5, 0.6) is 0 Å². The number of hydrogen-bond acceptors (Lipinski definition) is 3. The topological polar surface area (TPSA) is 62.2 Å². The van der Waals surface area contributed by atoms with Gasteiger partial charge in [-0.2, -0.15) is 0 Å². The molecule has 0 aliphatic carbocycles. The van der Waals surface area contributed by atoms with Gasteiger partial charge in [0, 0.05) is 19.7 Å². The van der Waals surface area contributed by atoms with E-state index >= 15 is 0 Å². The number of aromatic nitrogens is 1. The van der Waals surface area contributed by atoms with E-state index in [-0.39, 0.29) is 12.5 Å². The van der Waals surface area contributed by atoms with Gasteiger partial charge in [0.2, 0.25) is 5.91 Å². The van der Waals surface area contributed by atoms with Gasteiger partial charge in [-0.3, -0.25) is 9.78 Å². The van der Waals surface area contributed by atoms with Crippen LogP contribution in [-0.4, -0.2) is 22.5 Å². The van der Waals surface area contributed by atoms with Gasteiger partial charge in [0.25, 0.3) is 0 Å². The summed E-state index contributed by atoms with van der Waals surface area (Å²) in [6.07, 6.45) is 6.25. The normalized spacial score (nSPS) is 10.6. The number of hydrogen-bond donors (Lipinski definition) is 2. The monoisotopic (exact) mass is 220 g/mol. The SMILES string of the molecule is CC(=O)NCCC=Cc1cc(CO)ccn1. The molecule has 2 N–H and O–H groups in total. The number of nitrogens with zero attached hydrogens (tertiary/aromatic N) is 1. The first-order valence-corrected chi connectivity index (χ1v) is 5.19. The molecule has 0 saturated heterocycles. The number of rotatable bonds is 5. The van der Waals surface area contributed by atoms with Crippen molar-refractivity contribution in [3.05, 3.63) is 35.7 Å². The van der Waals surface area contributed by atoms with Crippen molar-refractivity contribution >= 4 is 12.0 Å². The number of pyridine rings is 1. The Bertz CT molecular complexity index is 375. The van der Waals surface area contributed by atoms with Crippen molar-refractivity contribution in [3.63, 3.8) is 0 Å². The molecule has 1 aromatic heterocycles. The number of aliphatic hydroxyl groups is 1. The van der Waals surface area contributed by atoms with E-state index < -0.39 is 0 Å². The Morgan fingerprint density at radius 2 is 2.44 bits per heavy atom. The number of aliphatic hydroxyl groups excluding tert-OH is 1. The summed E-state index contributed by atoms with van der Waals surface area (Å²) in [7, 11) is 0. The molecule has 1 amide bonds. The van der Waals surface area contributed by atoms with Crippen molar-refractivity contribution in [2.45, 2.75) is 20.0 Å². The predicted molar refractivity (Wildman–Crippen MR) is 62.5 cm³/mol. The number of carbonyl (C=O) groups excluding carboxylic acids is 1. The lowest BCUT2D eigenvalue weighted by atomic mass is 10.2. The van der Waals surface area contributed by atoms with E-state index in [1.807, 2.05) is 18.2 Å². The van der Waals surface area contributed by atoms with E-state index in [0.29, 0.717) is 6.54 Å². The molecular weight excluding hydrogens is 204 g/mol. The lowest BCUT2D eigenvalue weighted by Gasteiger charge is -1.98. The number of amides is 1. The molecule has 86 valence electrons. The summed E-state index contributed by atoms with van der Waals surface area (Å²) in [6, 6.07) is 3.60. The summed E-state index contributed by atoms with van der Waals surface area (Å²) < 4.78 is 0. The van der Waals surface area contributed by atoms with E-state index in [4.69, 9.17) is 5.11 Å². The van der Waals surface area contributed by atoms with E-state index in [2.05, 4.69) is 10.3 Å². The zero-order valence-electron chi connectivity index (χ0n) is 9.31. The molecule has 1 heterocycles. The Kier molecular flexibility index (Phi) is 5.22. The molecule has 16 heavy (non-hydrogen) atoms. The van der Waals surface area contributed by atoms with Crippen LogP contribution in [0.2, 0.25) is 0 Å². The van der Waals surface area contributed by atoms with Crippen molar-refractivity contribution in [2.24, 2.45) is 0 Å². The Labute approximate surface area is 95.0 Å². The lowest BCUT2D eigenvalue weighted by molar-refractivity contribution is -0.118. The summed E-state index contributed by atoms with van der Waals surface area (Å²) in [5.74, 6) is -0.0196. The number of carbonyl (C=O) groups is 1. The van der Waals surface area contributed by atoms with Crippen LogP contribution in [0, 0.1) is 0 Å². The highest BCUT2D eigenvalue weighted by molar-refractivity contribution is 5.72. The summed E-state index contributed by atoms with van der Waals surface area (Å²) in [4.78, 5) is 14.7. The van der Waals surface area contributed by atoms with Gasteiger partial charge in [0.15, 0.2) is 0 Å². The molecule has 0 saturated carbocycles. The van der Waals surface area contributed by atoms with Crippen LogP contribution in [0.25, 0.3) is 6.08 Å². The minimum absolute atomic E-state index is 0.0196. The largest absolute Gasteiger partial charge is 0.392 e. The third-order valence-corrected chi connectivity index (χ3v) is 2.00. The van der Waals surface area contributed by atoms with Crippen molar-refractivity contribution in [1.82, 2.24) is 10.3 Å². The molecule has 1 rings (SSSR count). The van der Waals surface area contributed by atoms with Gasteiger partial charge >= 0.3 is 0 Å². The summed E-state index contributed by atoms with van der Waals surface area (Å²) in [5, 5.41) is 11.6. The quantitative estimate of drug-likeness (QED) is 0.731. The molecule has 0 atom stereocenters. The fourth-order valence-corrected chi connectivity index (χ4v) is 1.22. The van der Waals surface area contributed by atoms with Crippen LogP contribution >= 0.6 is 0 Å². The number of nitrogens with one attached hydrogen (secondary N) is 1. The highest BCUT2D eigenvalue weighted by Gasteiger charge is 1.92. The third kappa shape index (κ3) is 4.70. The molecule has 4 heteroatoms. The van der Waals surface area contributed by atoms with Crippen LogP contribution in [0.1, 0.15) is 24.6 Å². The van der Waals surface area contributed by atoms with Crippen LogP contribution in [0.15, 0.2) is 24.4 Å². The molecule has 4 nitrogen and oxygen atoms in total. The van der Waals surface area contributed by atoms with Gasteiger partial charge in [0.1, 0.15) is 0 Å². The van der Waals surface area contributed by atoms with E-state index in [9.17, 15) is 4.79 Å². The van der Waals surface area contributed by atoms with E-state index in [1.165, 1.54) is 6.92 Å². The molecule has 0 aromatic carbocycles. The average Bonchev–Trinajstić information content (AvgIpc) is 2.28. The van der Waals surface area contributed by atoms with Crippen molar-refractivity contribution in [2.75, 3.05) is 6.54 Å². The van der Waals surface area contributed by atoms with Gasteiger partial charge in [-0.1, -0.05) is 6.08 Å². The zero-order valence-corrected chi connectivity index (χ0v) is 9.31. The molecule has 0 spiro atoms. The van der Waals surface area contributed by atoms with E-state index in [0.717, 1.165) is 17.7 Å². The van der Waals surface area contributed by atoms with Crippen molar-refractivity contribution in [1.29, 1.82) is 0 Å². The second-order valence-corrected chi connectivity index (χ2v) is 3.42. The van der Waals surface area contributed by atoms with Crippen LogP contribution in [-0.2, 0) is 11.4 Å². The molecule has 0 bridgehead atoms. The molecule has 1 aromatic rings. The third-order valence-electron chi connectivity index (χ3n) is 2.00. The van der Waals surface area contributed by atoms with Crippen molar-refractivity contribution in [3.8, 4) is 0 Å². The van der Waals surface area contributed by atoms with E-state index in [1.54, 1.807) is 12.3 Å². The Morgan fingerprint density at radius 3 is 3.12 bits per heavy atom. The Balaban J connectivity index is 2.40. The molecule has 0 unspecified atom stereocenters.